The maximum Gasteiger partial charge on any atom is 0.166 e. The van der Waals surface area contributed by atoms with Gasteiger partial charge in [0.15, 0.2) is 5.78 Å². The number of aliphatic hydroxyl groups is 1. The van der Waals surface area contributed by atoms with E-state index in [2.05, 4.69) is 45.2 Å². The summed E-state index contributed by atoms with van der Waals surface area (Å²) >= 11 is 0. The number of pyridine rings is 1. The number of carbonyl (C=O) groups is 1. The summed E-state index contributed by atoms with van der Waals surface area (Å²) in [6.45, 7) is 17.0. The van der Waals surface area contributed by atoms with Crippen molar-refractivity contribution in [3.05, 3.63) is 70.1 Å². The first-order valence-corrected chi connectivity index (χ1v) is 15.2. The van der Waals surface area contributed by atoms with E-state index in [1.165, 1.54) is 22.1 Å². The lowest BCUT2D eigenvalue weighted by Crippen LogP contribution is -2.44. The number of nitrogens with one attached hydrogen (secondary N) is 2. The van der Waals surface area contributed by atoms with Gasteiger partial charge in [0.25, 0.3) is 0 Å². The van der Waals surface area contributed by atoms with Crippen molar-refractivity contribution >= 4 is 22.4 Å². The highest BCUT2D eigenvalue weighted by Crippen LogP contribution is 2.46. The van der Waals surface area contributed by atoms with Crippen LogP contribution < -0.4 is 10.6 Å². The van der Waals surface area contributed by atoms with Gasteiger partial charge in [0.1, 0.15) is 6.10 Å². The van der Waals surface area contributed by atoms with Crippen molar-refractivity contribution in [2.75, 3.05) is 53.0 Å². The molecular weight excluding hydrogens is 514 g/mol. The van der Waals surface area contributed by atoms with Crippen molar-refractivity contribution in [1.29, 1.82) is 0 Å². The predicted molar refractivity (Wildman–Crippen MR) is 164 cm³/mol. The van der Waals surface area contributed by atoms with Gasteiger partial charge in [-0.1, -0.05) is 32.6 Å². The molecule has 3 aliphatic heterocycles. The van der Waals surface area contributed by atoms with Crippen molar-refractivity contribution in [1.82, 2.24) is 25.4 Å². The second-order valence-electron chi connectivity index (χ2n) is 11.0. The zero-order chi connectivity index (χ0) is 28.9. The van der Waals surface area contributed by atoms with Gasteiger partial charge >= 0.3 is 0 Å². The second-order valence-corrected chi connectivity index (χ2v) is 11.0. The number of aliphatic hydroxyl groups excluding tert-OH is 1. The Hall–Kier alpha value is -2.88. The summed E-state index contributed by atoms with van der Waals surface area (Å²) in [5, 5.41) is 19.0. The van der Waals surface area contributed by atoms with Crippen LogP contribution in [0.3, 0.4) is 0 Å². The fraction of sp³-hybridized carbons (Fsp3) is 0.515. The Labute approximate surface area is 244 Å². The highest BCUT2D eigenvalue weighted by Gasteiger charge is 2.39. The molecule has 41 heavy (non-hydrogen) atoms. The molecule has 1 saturated heterocycles. The van der Waals surface area contributed by atoms with E-state index in [4.69, 9.17) is 9.72 Å². The van der Waals surface area contributed by atoms with E-state index in [1.54, 1.807) is 7.11 Å². The van der Waals surface area contributed by atoms with Crippen LogP contribution in [0.2, 0.25) is 0 Å². The van der Waals surface area contributed by atoms with Crippen molar-refractivity contribution in [3.8, 4) is 0 Å². The number of aromatic nitrogens is 1. The quantitative estimate of drug-likeness (QED) is 0.402. The van der Waals surface area contributed by atoms with Crippen LogP contribution in [0.25, 0.3) is 16.6 Å². The van der Waals surface area contributed by atoms with Gasteiger partial charge in [-0.2, -0.15) is 0 Å². The zero-order valence-electron chi connectivity index (χ0n) is 24.9. The molecule has 1 atom stereocenters. The van der Waals surface area contributed by atoms with Crippen LogP contribution in [0, 0.1) is 0 Å². The summed E-state index contributed by atoms with van der Waals surface area (Å²) in [5.74, 6) is -0.120. The van der Waals surface area contributed by atoms with Gasteiger partial charge in [0.2, 0.25) is 0 Å². The highest BCUT2D eigenvalue weighted by atomic mass is 16.5. The van der Waals surface area contributed by atoms with Crippen LogP contribution in [0.5, 0.6) is 0 Å². The number of fused-ring (bicyclic) bond motifs is 4. The van der Waals surface area contributed by atoms with Gasteiger partial charge in [-0.05, 0) is 66.8 Å². The van der Waals surface area contributed by atoms with Crippen LogP contribution >= 0.6 is 0 Å². The van der Waals surface area contributed by atoms with E-state index in [9.17, 15) is 9.90 Å². The van der Waals surface area contributed by atoms with Crippen molar-refractivity contribution in [3.63, 3.8) is 0 Å². The molecule has 1 aromatic carbocycles. The molecule has 3 N–H and O–H groups in total. The molecule has 8 nitrogen and oxygen atoms in total. The Bertz CT molecular complexity index is 1360. The van der Waals surface area contributed by atoms with Gasteiger partial charge in [-0.25, -0.2) is 4.98 Å². The molecule has 1 aromatic heterocycles. The Morgan fingerprint density at radius 3 is 2.80 bits per heavy atom. The number of ketones is 1. The number of hydrogen-bond donors (Lipinski definition) is 3. The summed E-state index contributed by atoms with van der Waals surface area (Å²) in [6, 6.07) is 6.57. The number of carbonyl (C=O) groups excluding carboxylic acids is 1. The van der Waals surface area contributed by atoms with Gasteiger partial charge in [-0.3, -0.25) is 4.79 Å². The van der Waals surface area contributed by atoms with Crippen molar-refractivity contribution < 1.29 is 14.6 Å². The molecule has 0 saturated carbocycles. The third-order valence-corrected chi connectivity index (χ3v) is 8.59. The molecule has 0 bridgehead atoms. The Morgan fingerprint density at radius 2 is 2.02 bits per heavy atom. The fourth-order valence-electron chi connectivity index (χ4n) is 6.37. The van der Waals surface area contributed by atoms with E-state index in [-0.39, 0.29) is 5.78 Å². The number of nitrogens with zero attached hydrogens (tertiary/aromatic N) is 3. The summed E-state index contributed by atoms with van der Waals surface area (Å²) in [5.41, 5.74) is 9.08. The van der Waals surface area contributed by atoms with Gasteiger partial charge in [-0.15, -0.1) is 0 Å². The first-order valence-electron chi connectivity index (χ1n) is 15.2. The number of benzene rings is 1. The van der Waals surface area contributed by atoms with Crippen LogP contribution in [-0.2, 0) is 29.0 Å². The predicted octanol–water partition coefficient (Wildman–Crippen LogP) is 3.54. The second kappa shape index (κ2) is 13.4. The first kappa shape index (κ1) is 29.6. The maximum absolute atomic E-state index is 12.3. The van der Waals surface area contributed by atoms with Gasteiger partial charge in [0, 0.05) is 62.9 Å². The standard InChI is InChI=1S/C31H39N5O3.C2H6/c1-20-22-6-7-29(37)31(38)24(22)17-28-30-26(19-36(20)28)25(18-33-9-3-12-35-13-10-32-11-14-35)23-5-4-21(8-15-39-2)16-27(23)34-30;1-2/h4-5,16-17,31-33,38H,1,3,6-15,18-19H2,2H3;1-2H3. The lowest BCUT2D eigenvalue weighted by Gasteiger charge is -2.34. The molecule has 0 amide bonds. The largest absolute Gasteiger partial charge is 0.384 e. The van der Waals surface area contributed by atoms with Crippen LogP contribution in [-0.4, -0.2) is 84.8 Å². The summed E-state index contributed by atoms with van der Waals surface area (Å²) in [6.07, 6.45) is 3.83. The van der Waals surface area contributed by atoms with Gasteiger partial charge < -0.3 is 30.3 Å². The average molecular weight is 560 g/mol. The number of hydrogen-bond acceptors (Lipinski definition) is 8. The molecule has 0 spiro atoms. The lowest BCUT2D eigenvalue weighted by molar-refractivity contribution is -0.125. The molecular formula is C33H45N5O3. The van der Waals surface area contributed by atoms with Gasteiger partial charge in [0.05, 0.1) is 30.1 Å². The molecule has 1 fully saturated rings. The SMILES string of the molecule is C=C1C2=C(C=C3c4nc5cc(CCOC)ccc5c(CNCCCN5CCNCC5)c4CN13)C(O)C(=O)CC2.CC. The summed E-state index contributed by atoms with van der Waals surface area (Å²) in [4.78, 5) is 22.2. The maximum atomic E-state index is 12.3. The minimum Gasteiger partial charge on any atom is -0.384 e. The van der Waals surface area contributed by atoms with E-state index < -0.39 is 6.10 Å². The molecule has 2 aromatic rings. The smallest absolute Gasteiger partial charge is 0.166 e. The molecule has 4 aliphatic rings. The lowest BCUT2D eigenvalue weighted by atomic mass is 9.84. The third-order valence-electron chi connectivity index (χ3n) is 8.59. The van der Waals surface area contributed by atoms with Crippen LogP contribution in [0.1, 0.15) is 55.5 Å². The average Bonchev–Trinajstić information content (AvgIpc) is 3.37. The zero-order valence-corrected chi connectivity index (χ0v) is 24.9. The van der Waals surface area contributed by atoms with Crippen molar-refractivity contribution in [2.45, 2.75) is 58.7 Å². The molecule has 0 radical (unpaired) electrons. The fourth-order valence-corrected chi connectivity index (χ4v) is 6.37. The Kier molecular flexibility index (Phi) is 9.68. The van der Waals surface area contributed by atoms with Crippen LogP contribution in [0.15, 0.2) is 47.7 Å². The van der Waals surface area contributed by atoms with Crippen molar-refractivity contribution in [2.24, 2.45) is 0 Å². The monoisotopic (exact) mass is 559 g/mol. The Morgan fingerprint density at radius 1 is 1.22 bits per heavy atom. The third kappa shape index (κ3) is 6.03. The molecule has 1 unspecified atom stereocenters. The highest BCUT2D eigenvalue weighted by molar-refractivity contribution is 5.93. The number of ether oxygens (including phenoxy) is 1. The van der Waals surface area contributed by atoms with E-state index >= 15 is 0 Å². The number of Topliss-reactive ketones (excluding diaryl/α,β-unsaturated/α-hetero) is 1. The van der Waals surface area contributed by atoms with E-state index in [0.29, 0.717) is 31.6 Å². The summed E-state index contributed by atoms with van der Waals surface area (Å²) in [7, 11) is 1.72. The molecule has 1 aliphatic carbocycles. The minimum absolute atomic E-state index is 0.120. The number of methoxy groups -OCH3 is 1. The minimum atomic E-state index is -1.08. The molecule has 4 heterocycles. The summed E-state index contributed by atoms with van der Waals surface area (Å²) < 4.78 is 5.31. The number of rotatable bonds is 9. The molecule has 220 valence electrons. The van der Waals surface area contributed by atoms with Crippen LogP contribution in [0.4, 0.5) is 0 Å². The molecule has 8 heteroatoms. The Balaban J connectivity index is 0.00000165. The normalized spacial score (nSPS) is 20.4. The molecule has 6 rings (SSSR count). The van der Waals surface area contributed by atoms with E-state index in [1.807, 2.05) is 19.9 Å². The topological polar surface area (TPSA) is 90.0 Å². The first-order chi connectivity index (χ1) is 20.0. The number of piperazine rings is 1. The number of allylic oxidation sites excluding steroid dienone is 1. The van der Waals surface area contributed by atoms with E-state index in [0.717, 1.165) is 86.8 Å².